The molecule has 3 heteroatoms. The lowest BCUT2D eigenvalue weighted by atomic mass is 10.1. The zero-order chi connectivity index (χ0) is 10.8. The zero-order valence-corrected chi connectivity index (χ0v) is 8.99. The smallest absolute Gasteiger partial charge is 0.337 e. The summed E-state index contributed by atoms with van der Waals surface area (Å²) in [5, 5.41) is 0. The van der Waals surface area contributed by atoms with Crippen molar-refractivity contribution in [2.24, 2.45) is 0 Å². The molecule has 0 heterocycles. The van der Waals surface area contributed by atoms with E-state index in [1.165, 1.54) is 26.2 Å². The highest BCUT2D eigenvalue weighted by molar-refractivity contribution is 6.36. The molecule has 78 valence electrons. The minimum absolute atomic E-state index is 0.175. The van der Waals surface area contributed by atoms with E-state index in [9.17, 15) is 4.79 Å². The average Bonchev–Trinajstić information content (AvgIpc) is 2.16. The highest BCUT2D eigenvalue weighted by Crippen LogP contribution is 2.00. The Bertz CT molecular complexity index is 250. The summed E-state index contributed by atoms with van der Waals surface area (Å²) in [4.78, 5) is 13.8. The molecule has 0 aliphatic heterocycles. The quantitative estimate of drug-likeness (QED) is 0.202. The van der Waals surface area contributed by atoms with Crippen molar-refractivity contribution in [3.8, 4) is 0 Å². The first kappa shape index (κ1) is 12.8. The number of allylic oxidation sites excluding steroid dienone is 2. The van der Waals surface area contributed by atoms with Gasteiger partial charge < -0.3 is 5.53 Å². The number of Topliss-reactive ketones (excluding diaryl/α,β-unsaturated/α-hetero) is 1. The average molecular weight is 194 g/mol. The van der Waals surface area contributed by atoms with Crippen molar-refractivity contribution in [1.29, 1.82) is 0 Å². The maximum atomic E-state index is 10.8. The van der Waals surface area contributed by atoms with Gasteiger partial charge in [-0.3, -0.25) is 4.79 Å². The first-order valence-corrected chi connectivity index (χ1v) is 5.09. The van der Waals surface area contributed by atoms with E-state index >= 15 is 0 Å². The van der Waals surface area contributed by atoms with E-state index in [1.54, 1.807) is 0 Å². The molecule has 0 radical (unpaired) electrons. The maximum Gasteiger partial charge on any atom is 0.337 e. The summed E-state index contributed by atoms with van der Waals surface area (Å²) < 4.78 is 0. The van der Waals surface area contributed by atoms with Gasteiger partial charge in [0.1, 0.15) is 0 Å². The van der Waals surface area contributed by atoms with Crippen molar-refractivity contribution >= 4 is 11.5 Å². The number of rotatable bonds is 7. The fourth-order valence-electron chi connectivity index (χ4n) is 1.08. The van der Waals surface area contributed by atoms with Crippen LogP contribution in [0.4, 0.5) is 0 Å². The maximum absolute atomic E-state index is 10.8. The van der Waals surface area contributed by atoms with Crippen LogP contribution in [0.1, 0.15) is 46.0 Å². The van der Waals surface area contributed by atoms with E-state index in [1.807, 2.05) is 12.2 Å². The van der Waals surface area contributed by atoms with Gasteiger partial charge in [0, 0.05) is 6.92 Å². The van der Waals surface area contributed by atoms with Crippen LogP contribution in [-0.4, -0.2) is 16.3 Å². The van der Waals surface area contributed by atoms with Crippen LogP contribution >= 0.6 is 0 Å². The molecule has 0 spiro atoms. The predicted octanol–water partition coefficient (Wildman–Crippen LogP) is 2.77. The molecule has 0 bridgehead atoms. The number of hydrogen-bond acceptors (Lipinski definition) is 1. The summed E-state index contributed by atoms with van der Waals surface area (Å²) in [5.41, 5.74) is 8.69. The Morgan fingerprint density at radius 3 is 2.57 bits per heavy atom. The molecule has 0 fully saturated rings. The number of unbranched alkanes of at least 4 members (excludes halogenated alkanes) is 3. The second-order valence-corrected chi connectivity index (χ2v) is 3.27. The van der Waals surface area contributed by atoms with Gasteiger partial charge in [-0.15, -0.1) is 0 Å². The topological polar surface area (TPSA) is 53.5 Å². The van der Waals surface area contributed by atoms with Crippen LogP contribution in [0.5, 0.6) is 0 Å². The highest BCUT2D eigenvalue weighted by atomic mass is 16.1. The summed E-state index contributed by atoms with van der Waals surface area (Å²) >= 11 is 0. The number of ketones is 1. The van der Waals surface area contributed by atoms with Crippen molar-refractivity contribution in [1.82, 2.24) is 0 Å². The SMILES string of the molecule is CCCCC/C=C\CC(=[N+]=[N-])C(C)=O. The van der Waals surface area contributed by atoms with Gasteiger partial charge in [-0.2, -0.15) is 4.79 Å². The van der Waals surface area contributed by atoms with Crippen LogP contribution in [0.2, 0.25) is 0 Å². The number of carbonyl (C=O) groups excluding carboxylic acids is 1. The third kappa shape index (κ3) is 6.32. The Hall–Kier alpha value is -1.21. The molecule has 0 atom stereocenters. The normalized spacial score (nSPS) is 10.1. The van der Waals surface area contributed by atoms with E-state index < -0.39 is 0 Å². The molecule has 14 heavy (non-hydrogen) atoms. The van der Waals surface area contributed by atoms with Gasteiger partial charge in [0.05, 0.1) is 6.42 Å². The van der Waals surface area contributed by atoms with Gasteiger partial charge in [0.25, 0.3) is 0 Å². The third-order valence-electron chi connectivity index (χ3n) is 1.98. The van der Waals surface area contributed by atoms with Crippen LogP contribution in [0.25, 0.3) is 5.53 Å². The standard InChI is InChI=1S/C11H18N2O/c1-3-4-5-6-7-8-9-11(13-12)10(2)14/h7-8H,3-6,9H2,1-2H3/b8-7-. The number of carbonyl (C=O) groups is 1. The van der Waals surface area contributed by atoms with E-state index in [0.29, 0.717) is 6.42 Å². The van der Waals surface area contributed by atoms with Gasteiger partial charge >= 0.3 is 5.71 Å². The fourth-order valence-corrected chi connectivity index (χ4v) is 1.08. The zero-order valence-electron chi connectivity index (χ0n) is 8.99. The predicted molar refractivity (Wildman–Crippen MR) is 57.2 cm³/mol. The second-order valence-electron chi connectivity index (χ2n) is 3.27. The fraction of sp³-hybridized carbons (Fsp3) is 0.636. The summed E-state index contributed by atoms with van der Waals surface area (Å²) in [6.07, 6.45) is 9.00. The monoisotopic (exact) mass is 194 g/mol. The number of hydrogen-bond donors (Lipinski definition) is 0. The molecular weight excluding hydrogens is 176 g/mol. The minimum atomic E-state index is -0.175. The molecule has 3 nitrogen and oxygen atoms in total. The van der Waals surface area contributed by atoms with Crippen LogP contribution in [0.3, 0.4) is 0 Å². The van der Waals surface area contributed by atoms with Crippen LogP contribution in [0, 0.1) is 0 Å². The van der Waals surface area contributed by atoms with E-state index in [0.717, 1.165) is 6.42 Å². The van der Waals surface area contributed by atoms with Crippen molar-refractivity contribution in [3.05, 3.63) is 17.7 Å². The number of nitrogens with zero attached hydrogens (tertiary/aromatic N) is 2. The van der Waals surface area contributed by atoms with Crippen molar-refractivity contribution in [2.45, 2.75) is 46.0 Å². The molecule has 0 aliphatic carbocycles. The molecule has 0 aromatic rings. The molecule has 0 saturated carbocycles. The molecule has 0 aromatic heterocycles. The summed E-state index contributed by atoms with van der Waals surface area (Å²) in [6.45, 7) is 3.57. The highest BCUT2D eigenvalue weighted by Gasteiger charge is 2.11. The first-order valence-electron chi connectivity index (χ1n) is 5.09. The largest absolute Gasteiger partial charge is 0.361 e. The molecule has 0 unspecified atom stereocenters. The molecule has 0 aliphatic rings. The summed E-state index contributed by atoms with van der Waals surface area (Å²) in [5.74, 6) is -0.175. The molecule has 0 aromatic carbocycles. The van der Waals surface area contributed by atoms with Gasteiger partial charge in [-0.25, -0.2) is 0 Å². The Morgan fingerprint density at radius 1 is 1.36 bits per heavy atom. The second kappa shape index (κ2) is 8.39. The minimum Gasteiger partial charge on any atom is -0.361 e. The van der Waals surface area contributed by atoms with Crippen LogP contribution < -0.4 is 0 Å². The van der Waals surface area contributed by atoms with Crippen LogP contribution in [-0.2, 0) is 4.79 Å². The first-order chi connectivity index (χ1) is 6.72. The van der Waals surface area contributed by atoms with Gasteiger partial charge in [0.15, 0.2) is 0 Å². The van der Waals surface area contributed by atoms with Gasteiger partial charge in [-0.05, 0) is 12.8 Å². The van der Waals surface area contributed by atoms with Crippen LogP contribution in [0.15, 0.2) is 12.2 Å². The van der Waals surface area contributed by atoms with Crippen molar-refractivity contribution < 1.29 is 9.58 Å². The van der Waals surface area contributed by atoms with Crippen molar-refractivity contribution in [3.63, 3.8) is 0 Å². The molecule has 0 N–H and O–H groups in total. The Kier molecular flexibility index (Phi) is 7.67. The molecule has 0 amide bonds. The van der Waals surface area contributed by atoms with E-state index in [2.05, 4.69) is 11.7 Å². The van der Waals surface area contributed by atoms with Gasteiger partial charge in [0.2, 0.25) is 5.78 Å². The molecular formula is C11H18N2O. The summed E-state index contributed by atoms with van der Waals surface area (Å²) in [6, 6.07) is 0. The third-order valence-corrected chi connectivity index (χ3v) is 1.98. The Labute approximate surface area is 85.4 Å². The lowest BCUT2D eigenvalue weighted by molar-refractivity contribution is -0.115. The lowest BCUT2D eigenvalue weighted by Crippen LogP contribution is -2.09. The summed E-state index contributed by atoms with van der Waals surface area (Å²) in [7, 11) is 0. The Morgan fingerprint density at radius 2 is 2.07 bits per heavy atom. The molecule has 0 rings (SSSR count). The van der Waals surface area contributed by atoms with Gasteiger partial charge in [-0.1, -0.05) is 31.9 Å². The van der Waals surface area contributed by atoms with Crippen molar-refractivity contribution in [2.75, 3.05) is 0 Å². The van der Waals surface area contributed by atoms with E-state index in [4.69, 9.17) is 5.53 Å². The Balaban J connectivity index is 3.70. The van der Waals surface area contributed by atoms with E-state index in [-0.39, 0.29) is 11.5 Å². The lowest BCUT2D eigenvalue weighted by Gasteiger charge is -1.90. The molecule has 0 saturated heterocycles.